The van der Waals surface area contributed by atoms with Crippen LogP contribution in [0.2, 0.25) is 0 Å². The number of halogens is 3. The minimum atomic E-state index is -4.63. The second kappa shape index (κ2) is 17.9. The van der Waals surface area contributed by atoms with Crippen LogP contribution < -0.4 is 25.3 Å². The predicted molar refractivity (Wildman–Crippen MR) is 244 cm³/mol. The van der Waals surface area contributed by atoms with Crippen molar-refractivity contribution in [1.82, 2.24) is 40.6 Å². The van der Waals surface area contributed by atoms with Crippen LogP contribution in [-0.2, 0) is 10.2 Å². The minimum Gasteiger partial charge on any atom is -0.372 e. The number of hydrogen-bond donors (Lipinski definition) is 3. The summed E-state index contributed by atoms with van der Waals surface area (Å²) >= 11 is 0. The highest BCUT2D eigenvalue weighted by molar-refractivity contribution is 6.05. The number of carbonyl (C=O) groups excluding carboxylic acids is 3. The summed E-state index contributed by atoms with van der Waals surface area (Å²) in [4.78, 5) is 62.2. The van der Waals surface area contributed by atoms with Gasteiger partial charge in [0, 0.05) is 92.5 Å². The second-order valence-corrected chi connectivity index (χ2v) is 18.0. The maximum atomic E-state index is 13.5. The SMILES string of the molecule is Cc1cc(-c2ncnc3[nH]c(-c4ccc(N5CCN(CC6CCN(c7ccc(N8CCC(=O)NC8=O)cc7)CC6)CC5)cc4)cc23)ccc1C(C)NC(=O)c1noc(C(C)(C)C(F)(F)F)n1. The van der Waals surface area contributed by atoms with Crippen molar-refractivity contribution in [3.05, 3.63) is 102 Å². The van der Waals surface area contributed by atoms with Crippen LogP contribution in [0.1, 0.15) is 73.7 Å². The van der Waals surface area contributed by atoms with E-state index in [0.29, 0.717) is 24.5 Å². The van der Waals surface area contributed by atoms with E-state index < -0.39 is 35.3 Å². The lowest BCUT2D eigenvalue weighted by atomic mass is 9.93. The first-order chi connectivity index (χ1) is 31.6. The highest BCUT2D eigenvalue weighted by Gasteiger charge is 2.53. The van der Waals surface area contributed by atoms with Crippen molar-refractivity contribution in [2.75, 3.05) is 67.1 Å². The van der Waals surface area contributed by atoms with Crippen LogP contribution in [0.25, 0.3) is 33.5 Å². The third-order valence-corrected chi connectivity index (χ3v) is 13.3. The zero-order valence-corrected chi connectivity index (χ0v) is 37.3. The molecule has 9 rings (SSSR count). The first-order valence-electron chi connectivity index (χ1n) is 22.3. The number of rotatable bonds is 11. The molecule has 3 aromatic carbocycles. The number of H-pyrrole nitrogens is 1. The zero-order chi connectivity index (χ0) is 46.3. The Hall–Kier alpha value is -6.82. The van der Waals surface area contributed by atoms with Gasteiger partial charge < -0.3 is 24.6 Å². The van der Waals surface area contributed by atoms with Crippen molar-refractivity contribution in [2.45, 2.75) is 64.6 Å². The number of fused-ring (bicyclic) bond motifs is 1. The largest absolute Gasteiger partial charge is 0.402 e. The van der Waals surface area contributed by atoms with Gasteiger partial charge in [-0.25, -0.2) is 14.8 Å². The standard InChI is InChI=1S/C48H52F3N11O4/c1-29-25-33(7-14-37(29)30(2)54-44(64)43-57-45(66-58-43)47(3,4)48(49,50)51)41-38-26-39(55-42(38)53-28-52-41)32-5-8-34(9-6-32)61-23-21-59(22-24-61)27-31-15-18-60(19-16-31)35-10-12-36(13-11-35)62-20-17-40(63)56-46(62)65/h5-14,25-26,28,30-31H,15-24,27H2,1-4H3,(H,54,64)(H,52,53,55)(H,56,63,65). The average molecular weight is 904 g/mol. The molecular weight excluding hydrogens is 852 g/mol. The number of aromatic nitrogens is 5. The molecule has 6 aromatic rings. The number of amides is 4. The summed E-state index contributed by atoms with van der Waals surface area (Å²) in [6.07, 6.45) is -0.517. The molecule has 0 bridgehead atoms. The van der Waals surface area contributed by atoms with Crippen LogP contribution in [0.5, 0.6) is 0 Å². The fourth-order valence-corrected chi connectivity index (χ4v) is 9.10. The molecule has 1 unspecified atom stereocenters. The maximum Gasteiger partial charge on any atom is 0.402 e. The molecule has 344 valence electrons. The lowest BCUT2D eigenvalue weighted by Crippen LogP contribution is -2.49. The molecule has 3 aliphatic heterocycles. The molecule has 3 fully saturated rings. The summed E-state index contributed by atoms with van der Waals surface area (Å²) < 4.78 is 45.3. The van der Waals surface area contributed by atoms with Crippen molar-refractivity contribution in [1.29, 1.82) is 0 Å². The Balaban J connectivity index is 0.769. The summed E-state index contributed by atoms with van der Waals surface area (Å²) in [6.45, 7) is 13.0. The Kier molecular flexibility index (Phi) is 12.0. The maximum absolute atomic E-state index is 13.5. The number of urea groups is 1. The molecule has 3 N–H and O–H groups in total. The topological polar surface area (TPSA) is 169 Å². The Bertz CT molecular complexity index is 2740. The van der Waals surface area contributed by atoms with Gasteiger partial charge in [-0.1, -0.05) is 29.4 Å². The van der Waals surface area contributed by atoms with E-state index in [0.717, 1.165) is 123 Å². The summed E-state index contributed by atoms with van der Waals surface area (Å²) in [5.41, 5.74) is 6.69. The number of imide groups is 1. The average Bonchev–Trinajstić information content (AvgIpc) is 3.99. The monoisotopic (exact) mass is 903 g/mol. The molecule has 3 saturated heterocycles. The van der Waals surface area contributed by atoms with Crippen molar-refractivity contribution < 1.29 is 32.1 Å². The fourth-order valence-electron chi connectivity index (χ4n) is 9.10. The Morgan fingerprint density at radius 2 is 1.50 bits per heavy atom. The first kappa shape index (κ1) is 44.4. The van der Waals surface area contributed by atoms with Gasteiger partial charge >= 0.3 is 12.2 Å². The molecule has 0 saturated carbocycles. The third-order valence-electron chi connectivity index (χ3n) is 13.3. The molecule has 6 heterocycles. The number of aromatic amines is 1. The molecule has 0 spiro atoms. The van der Waals surface area contributed by atoms with Crippen molar-refractivity contribution >= 4 is 45.9 Å². The van der Waals surface area contributed by atoms with Crippen LogP contribution in [0.3, 0.4) is 0 Å². The molecule has 18 heteroatoms. The molecule has 66 heavy (non-hydrogen) atoms. The second-order valence-electron chi connectivity index (χ2n) is 18.0. The fraction of sp³-hybridized carbons (Fsp3) is 0.396. The van der Waals surface area contributed by atoms with Crippen molar-refractivity contribution in [2.24, 2.45) is 5.92 Å². The summed E-state index contributed by atoms with van der Waals surface area (Å²) in [5, 5.41) is 9.52. The minimum absolute atomic E-state index is 0.231. The lowest BCUT2D eigenvalue weighted by molar-refractivity contribution is -0.186. The molecule has 0 radical (unpaired) electrons. The van der Waals surface area contributed by atoms with E-state index in [9.17, 15) is 27.6 Å². The Morgan fingerprint density at radius 1 is 0.848 bits per heavy atom. The van der Waals surface area contributed by atoms with Gasteiger partial charge in [-0.2, -0.15) is 18.2 Å². The summed E-state index contributed by atoms with van der Waals surface area (Å²) in [7, 11) is 0. The summed E-state index contributed by atoms with van der Waals surface area (Å²) in [6, 6.07) is 23.7. The van der Waals surface area contributed by atoms with Gasteiger partial charge in [0.1, 0.15) is 17.4 Å². The normalized spacial score (nSPS) is 17.3. The van der Waals surface area contributed by atoms with Gasteiger partial charge in [-0.15, -0.1) is 0 Å². The van der Waals surface area contributed by atoms with Crippen molar-refractivity contribution in [3.8, 4) is 22.5 Å². The van der Waals surface area contributed by atoms with Gasteiger partial charge in [-0.3, -0.25) is 24.7 Å². The van der Waals surface area contributed by atoms with Gasteiger partial charge in [0.25, 0.3) is 11.7 Å². The highest BCUT2D eigenvalue weighted by atomic mass is 19.4. The van der Waals surface area contributed by atoms with Gasteiger partial charge in [0.05, 0.1) is 11.7 Å². The molecule has 3 aliphatic rings. The molecule has 4 amide bonds. The van der Waals surface area contributed by atoms with Crippen LogP contribution in [0.15, 0.2) is 83.6 Å². The molecule has 0 aliphatic carbocycles. The van der Waals surface area contributed by atoms with E-state index in [1.807, 2.05) is 37.3 Å². The van der Waals surface area contributed by atoms with Crippen LogP contribution >= 0.6 is 0 Å². The predicted octanol–water partition coefficient (Wildman–Crippen LogP) is 7.80. The molecule has 15 nitrogen and oxygen atoms in total. The quantitative estimate of drug-likeness (QED) is 0.116. The molecule has 3 aromatic heterocycles. The number of piperazine rings is 1. The summed E-state index contributed by atoms with van der Waals surface area (Å²) in [5.74, 6) is -1.48. The van der Waals surface area contributed by atoms with E-state index in [4.69, 9.17) is 4.52 Å². The Labute approximate surface area is 379 Å². The zero-order valence-electron chi connectivity index (χ0n) is 37.3. The number of nitrogens with one attached hydrogen (secondary N) is 3. The van der Waals surface area contributed by atoms with E-state index in [-0.39, 0.29) is 11.9 Å². The van der Waals surface area contributed by atoms with Gasteiger partial charge in [0.2, 0.25) is 11.8 Å². The molecular formula is C48H52F3N11O4. The number of hydrogen-bond acceptors (Lipinski definition) is 11. The van der Waals surface area contributed by atoms with Gasteiger partial charge in [0.15, 0.2) is 0 Å². The molecule has 1 atom stereocenters. The van der Waals surface area contributed by atoms with E-state index >= 15 is 0 Å². The number of carbonyl (C=O) groups is 3. The first-order valence-corrected chi connectivity index (χ1v) is 22.3. The van der Waals surface area contributed by atoms with Crippen molar-refractivity contribution in [3.63, 3.8) is 0 Å². The third kappa shape index (κ3) is 9.05. The lowest BCUT2D eigenvalue weighted by Gasteiger charge is -2.40. The van der Waals surface area contributed by atoms with Crippen LogP contribution in [0, 0.1) is 12.8 Å². The van der Waals surface area contributed by atoms with E-state index in [1.165, 1.54) is 12.0 Å². The number of alkyl halides is 3. The Morgan fingerprint density at radius 3 is 2.17 bits per heavy atom. The van der Waals surface area contributed by atoms with Gasteiger partial charge in [-0.05, 0) is 112 Å². The number of piperidine rings is 1. The highest BCUT2D eigenvalue weighted by Crippen LogP contribution is 2.40. The number of aryl methyl sites for hydroxylation is 1. The van der Waals surface area contributed by atoms with Crippen LogP contribution in [0.4, 0.5) is 35.0 Å². The number of anilines is 3. The van der Waals surface area contributed by atoms with E-state index in [1.54, 1.807) is 11.8 Å². The van der Waals surface area contributed by atoms with Crippen LogP contribution in [-0.4, -0.2) is 106 Å². The number of benzene rings is 3. The smallest absolute Gasteiger partial charge is 0.372 e. The van der Waals surface area contributed by atoms with E-state index in [2.05, 4.69) is 92.9 Å². The number of nitrogens with zero attached hydrogens (tertiary/aromatic N) is 8.